The van der Waals surface area contributed by atoms with Gasteiger partial charge in [0.1, 0.15) is 6.29 Å². The van der Waals surface area contributed by atoms with Gasteiger partial charge in [0.15, 0.2) is 0 Å². The van der Waals surface area contributed by atoms with Crippen LogP contribution in [0.4, 0.5) is 4.79 Å². The minimum atomic E-state index is -0.428. The summed E-state index contributed by atoms with van der Waals surface area (Å²) in [5, 5.41) is -0.803. The van der Waals surface area contributed by atoms with Gasteiger partial charge in [-0.15, -0.1) is 0 Å². The van der Waals surface area contributed by atoms with E-state index in [4.69, 9.17) is 0 Å². The monoisotopic (exact) mass is 224 g/mol. The molecule has 0 amide bonds. The van der Waals surface area contributed by atoms with Gasteiger partial charge in [-0.2, -0.15) is 0 Å². The minimum absolute atomic E-state index is 0.375. The third kappa shape index (κ3) is 4.16. The van der Waals surface area contributed by atoms with Crippen molar-refractivity contribution in [2.75, 3.05) is 7.11 Å². The molecule has 15 heavy (non-hydrogen) atoms. The lowest BCUT2D eigenvalue weighted by Gasteiger charge is -2.07. The van der Waals surface area contributed by atoms with Crippen LogP contribution in [-0.4, -0.2) is 23.9 Å². The summed E-state index contributed by atoms with van der Waals surface area (Å²) in [6.07, 6.45) is 1.32. The normalized spacial score (nSPS) is 11.8. The van der Waals surface area contributed by atoms with Crippen molar-refractivity contribution >= 4 is 23.3 Å². The topological polar surface area (TPSA) is 43.4 Å². The molecule has 0 spiro atoms. The van der Waals surface area contributed by atoms with Crippen molar-refractivity contribution in [1.29, 1.82) is 0 Å². The van der Waals surface area contributed by atoms with Gasteiger partial charge in [-0.25, -0.2) is 4.79 Å². The molecule has 1 rings (SSSR count). The Labute approximate surface area is 92.8 Å². The Balaban J connectivity index is 2.54. The van der Waals surface area contributed by atoms with Gasteiger partial charge in [0.25, 0.3) is 0 Å². The van der Waals surface area contributed by atoms with Gasteiger partial charge >= 0.3 is 5.30 Å². The first-order valence-electron chi connectivity index (χ1n) is 4.50. The molecule has 0 bridgehead atoms. The number of carbonyl (C=O) groups is 2. The zero-order valence-electron chi connectivity index (χ0n) is 8.38. The summed E-state index contributed by atoms with van der Waals surface area (Å²) in [5.74, 6) is 0. The number of rotatable bonds is 4. The molecule has 0 aliphatic carbocycles. The van der Waals surface area contributed by atoms with Gasteiger partial charge < -0.3 is 9.53 Å². The number of carbonyl (C=O) groups excluding carboxylic acids is 2. The molecule has 3 nitrogen and oxygen atoms in total. The summed E-state index contributed by atoms with van der Waals surface area (Å²) in [4.78, 5) is 21.7. The quantitative estimate of drug-likeness (QED) is 0.581. The lowest BCUT2D eigenvalue weighted by atomic mass is 10.1. The Hall–Kier alpha value is -1.29. The summed E-state index contributed by atoms with van der Waals surface area (Å²) in [5.41, 5.74) is 1.03. The van der Waals surface area contributed by atoms with Crippen molar-refractivity contribution in [3.05, 3.63) is 35.9 Å². The van der Waals surface area contributed by atoms with Crippen molar-refractivity contribution < 1.29 is 14.3 Å². The van der Waals surface area contributed by atoms with Crippen LogP contribution in [0.25, 0.3) is 0 Å². The predicted molar refractivity (Wildman–Crippen MR) is 60.0 cm³/mol. The second kappa shape index (κ2) is 6.24. The fourth-order valence-electron chi connectivity index (χ4n) is 1.14. The summed E-state index contributed by atoms with van der Waals surface area (Å²) in [6, 6.07) is 9.57. The van der Waals surface area contributed by atoms with E-state index in [2.05, 4.69) is 4.74 Å². The van der Waals surface area contributed by atoms with E-state index in [0.29, 0.717) is 6.42 Å². The summed E-state index contributed by atoms with van der Waals surface area (Å²) in [6.45, 7) is 0. The lowest BCUT2D eigenvalue weighted by molar-refractivity contribution is -0.107. The molecular weight excluding hydrogens is 212 g/mol. The van der Waals surface area contributed by atoms with Crippen molar-refractivity contribution in [1.82, 2.24) is 0 Å². The number of hydrogen-bond donors (Lipinski definition) is 0. The summed E-state index contributed by atoms with van der Waals surface area (Å²) < 4.78 is 4.49. The fourth-order valence-corrected chi connectivity index (χ4v) is 1.81. The van der Waals surface area contributed by atoms with E-state index in [0.717, 1.165) is 23.6 Å². The highest BCUT2D eigenvalue weighted by atomic mass is 32.2. The number of thioether (sulfide) groups is 1. The maximum Gasteiger partial charge on any atom is 0.367 e. The minimum Gasteiger partial charge on any atom is -0.461 e. The fraction of sp³-hybridized carbons (Fsp3) is 0.273. The van der Waals surface area contributed by atoms with E-state index in [-0.39, 0.29) is 5.25 Å². The largest absolute Gasteiger partial charge is 0.461 e. The number of methoxy groups -OCH3 is 1. The average molecular weight is 224 g/mol. The first-order chi connectivity index (χ1) is 7.26. The highest BCUT2D eigenvalue weighted by Gasteiger charge is 2.14. The molecule has 4 heteroatoms. The zero-order valence-corrected chi connectivity index (χ0v) is 9.20. The number of ether oxygens (including phenoxy) is 1. The molecule has 0 N–H and O–H groups in total. The van der Waals surface area contributed by atoms with E-state index < -0.39 is 5.30 Å². The Bertz CT molecular complexity index is 324. The van der Waals surface area contributed by atoms with Crippen molar-refractivity contribution in [2.45, 2.75) is 11.7 Å². The lowest BCUT2D eigenvalue weighted by Crippen LogP contribution is -2.11. The Morgan fingerprint density at radius 3 is 2.67 bits per heavy atom. The predicted octanol–water partition coefficient (Wildman–Crippen LogP) is 2.30. The molecule has 0 fully saturated rings. The van der Waals surface area contributed by atoms with Crippen LogP contribution in [0.1, 0.15) is 5.56 Å². The molecule has 1 aromatic carbocycles. The van der Waals surface area contributed by atoms with E-state index in [1.807, 2.05) is 30.3 Å². The van der Waals surface area contributed by atoms with Gasteiger partial charge in [-0.1, -0.05) is 30.3 Å². The van der Waals surface area contributed by atoms with Gasteiger partial charge in [-0.3, -0.25) is 0 Å². The van der Waals surface area contributed by atoms with Crippen molar-refractivity contribution in [2.24, 2.45) is 0 Å². The number of aldehydes is 1. The molecule has 0 heterocycles. The van der Waals surface area contributed by atoms with Crippen LogP contribution in [0.3, 0.4) is 0 Å². The molecule has 0 saturated heterocycles. The first kappa shape index (κ1) is 11.8. The smallest absolute Gasteiger partial charge is 0.367 e. The summed E-state index contributed by atoms with van der Waals surface area (Å²) in [7, 11) is 1.31. The Kier molecular flexibility index (Phi) is 4.90. The first-order valence-corrected chi connectivity index (χ1v) is 5.38. The van der Waals surface area contributed by atoms with E-state index >= 15 is 0 Å². The van der Waals surface area contributed by atoms with Crippen LogP contribution in [0.5, 0.6) is 0 Å². The van der Waals surface area contributed by atoms with Gasteiger partial charge in [0.2, 0.25) is 0 Å². The van der Waals surface area contributed by atoms with E-state index in [9.17, 15) is 9.59 Å². The summed E-state index contributed by atoms with van der Waals surface area (Å²) >= 11 is 0.910. The van der Waals surface area contributed by atoms with Crippen LogP contribution < -0.4 is 0 Å². The maximum absolute atomic E-state index is 11.0. The molecule has 1 aromatic rings. The van der Waals surface area contributed by atoms with E-state index in [1.165, 1.54) is 7.11 Å². The molecule has 0 aromatic heterocycles. The van der Waals surface area contributed by atoms with Gasteiger partial charge in [-0.05, 0) is 23.7 Å². The van der Waals surface area contributed by atoms with E-state index in [1.54, 1.807) is 0 Å². The molecule has 1 unspecified atom stereocenters. The molecule has 0 aliphatic rings. The van der Waals surface area contributed by atoms with Gasteiger partial charge in [0.05, 0.1) is 12.4 Å². The van der Waals surface area contributed by atoms with Crippen LogP contribution in [0.15, 0.2) is 30.3 Å². The molecule has 80 valence electrons. The number of hydrogen-bond acceptors (Lipinski definition) is 4. The second-order valence-electron chi connectivity index (χ2n) is 2.94. The maximum atomic E-state index is 11.0. The van der Waals surface area contributed by atoms with Crippen LogP contribution in [0.2, 0.25) is 0 Å². The zero-order chi connectivity index (χ0) is 11.1. The average Bonchev–Trinajstić information content (AvgIpc) is 2.29. The SMILES string of the molecule is COC(=O)SC(C=O)Cc1ccccc1. The second-order valence-corrected chi connectivity index (χ2v) is 4.11. The number of benzene rings is 1. The molecule has 0 aliphatic heterocycles. The molecular formula is C11H12O3S. The third-order valence-corrected chi connectivity index (χ3v) is 2.79. The van der Waals surface area contributed by atoms with Crippen LogP contribution in [0, 0.1) is 0 Å². The standard InChI is InChI=1S/C11H12O3S/c1-14-11(13)15-10(8-12)7-9-5-3-2-4-6-9/h2-6,8,10H,7H2,1H3. The molecule has 0 radical (unpaired) electrons. The third-order valence-electron chi connectivity index (χ3n) is 1.85. The highest BCUT2D eigenvalue weighted by molar-refractivity contribution is 8.14. The van der Waals surface area contributed by atoms with Crippen molar-refractivity contribution in [3.63, 3.8) is 0 Å². The molecule has 1 atom stereocenters. The van der Waals surface area contributed by atoms with Crippen molar-refractivity contribution in [3.8, 4) is 0 Å². The van der Waals surface area contributed by atoms with Gasteiger partial charge in [0, 0.05) is 0 Å². The van der Waals surface area contributed by atoms with Crippen LogP contribution >= 0.6 is 11.8 Å². The Morgan fingerprint density at radius 1 is 1.47 bits per heavy atom. The highest BCUT2D eigenvalue weighted by Crippen LogP contribution is 2.16. The Morgan fingerprint density at radius 2 is 2.13 bits per heavy atom. The van der Waals surface area contributed by atoms with Crippen LogP contribution in [-0.2, 0) is 16.0 Å². The molecule has 0 saturated carbocycles.